The molecule has 462 valence electrons. The summed E-state index contributed by atoms with van der Waals surface area (Å²) in [5, 5.41) is 23.3. The predicted octanol–water partition coefficient (Wildman–Crippen LogP) is 22.9. The van der Waals surface area contributed by atoms with Gasteiger partial charge in [-0.3, -0.25) is 9.59 Å². The van der Waals surface area contributed by atoms with Crippen molar-refractivity contribution < 1.29 is 24.5 Å². The summed E-state index contributed by atoms with van der Waals surface area (Å²) >= 11 is 0. The number of esters is 1. The fourth-order valence-electron chi connectivity index (χ4n) is 11.3. The molecule has 2 unspecified atom stereocenters. The second kappa shape index (κ2) is 67.8. The minimum atomic E-state index is -0.844. The average Bonchev–Trinajstić information content (AvgIpc) is 3.44. The Morgan fingerprint density at radius 3 is 0.923 bits per heavy atom. The summed E-state index contributed by atoms with van der Waals surface area (Å²) in [7, 11) is 0. The zero-order valence-electron chi connectivity index (χ0n) is 52.9. The van der Waals surface area contributed by atoms with Crippen LogP contribution in [0.4, 0.5) is 0 Å². The molecule has 3 N–H and O–H groups in total. The molecule has 1 amide bonds. The maximum absolute atomic E-state index is 12.5. The van der Waals surface area contributed by atoms with Crippen molar-refractivity contribution >= 4 is 11.9 Å². The van der Waals surface area contributed by atoms with E-state index in [0.717, 1.165) is 44.9 Å². The lowest BCUT2D eigenvalue weighted by molar-refractivity contribution is -0.143. The normalized spacial score (nSPS) is 12.6. The number of aliphatic hydroxyl groups is 2. The lowest BCUT2D eigenvalue weighted by atomic mass is 10.0. The number of hydrogen-bond donors (Lipinski definition) is 3. The van der Waals surface area contributed by atoms with Gasteiger partial charge < -0.3 is 20.3 Å². The van der Waals surface area contributed by atoms with Crippen LogP contribution < -0.4 is 5.32 Å². The zero-order chi connectivity index (χ0) is 56.4. The molecule has 0 spiro atoms. The third-order valence-electron chi connectivity index (χ3n) is 16.7. The van der Waals surface area contributed by atoms with Gasteiger partial charge >= 0.3 is 5.97 Å². The fraction of sp³-hybridized carbons (Fsp3) is 0.917. The average molecular weight is 1100 g/mol. The minimum absolute atomic E-state index is 0.00830. The lowest BCUT2D eigenvalue weighted by Crippen LogP contribution is -2.45. The highest BCUT2D eigenvalue weighted by Crippen LogP contribution is 2.19. The van der Waals surface area contributed by atoms with Gasteiger partial charge in [0.1, 0.15) is 0 Å². The quantitative estimate of drug-likeness (QED) is 0.0320. The molecule has 0 aromatic rings. The summed E-state index contributed by atoms with van der Waals surface area (Å²) in [4.78, 5) is 24.6. The second-order valence-electron chi connectivity index (χ2n) is 24.6. The number of carbonyl (C=O) groups is 2. The first-order valence-electron chi connectivity index (χ1n) is 35.6. The van der Waals surface area contributed by atoms with Gasteiger partial charge in [0.05, 0.1) is 25.4 Å². The monoisotopic (exact) mass is 1100 g/mol. The van der Waals surface area contributed by atoms with E-state index in [1.54, 1.807) is 6.08 Å². The molecule has 6 heteroatoms. The van der Waals surface area contributed by atoms with Crippen molar-refractivity contribution in [2.24, 2.45) is 0 Å². The summed E-state index contributed by atoms with van der Waals surface area (Å²) < 4.78 is 5.48. The van der Waals surface area contributed by atoms with Crippen LogP contribution in [0.2, 0.25) is 0 Å². The van der Waals surface area contributed by atoms with Crippen LogP contribution in [0.15, 0.2) is 24.3 Å². The van der Waals surface area contributed by atoms with Gasteiger partial charge in [0, 0.05) is 12.8 Å². The Hall–Kier alpha value is -1.66. The van der Waals surface area contributed by atoms with E-state index in [-0.39, 0.29) is 18.5 Å². The standard InChI is InChI=1S/C72H139NO5/c1-3-5-7-9-11-13-15-17-18-19-20-21-28-31-34-37-41-44-48-52-56-60-64-70(75)69(68-74)73-71(76)65-61-57-53-49-45-42-38-35-32-29-26-24-22-23-25-27-30-33-36-39-43-47-51-55-59-63-67-78-72(77)66-62-58-54-50-46-40-16-14-12-10-8-6-4-2/h14,16,60,64,69-70,74-75H,3-13,15,17-59,61-63,65-68H2,1-2H3,(H,73,76)/b16-14-,64-60+. The van der Waals surface area contributed by atoms with Crippen molar-refractivity contribution in [1.82, 2.24) is 5.32 Å². The zero-order valence-corrected chi connectivity index (χ0v) is 52.9. The minimum Gasteiger partial charge on any atom is -0.466 e. The molecule has 0 aliphatic heterocycles. The molecule has 0 saturated heterocycles. The predicted molar refractivity (Wildman–Crippen MR) is 343 cm³/mol. The van der Waals surface area contributed by atoms with Crippen molar-refractivity contribution in [2.45, 2.75) is 411 Å². The van der Waals surface area contributed by atoms with Crippen molar-refractivity contribution in [3.63, 3.8) is 0 Å². The summed E-state index contributed by atoms with van der Waals surface area (Å²) in [6.07, 6.45) is 85.4. The number of allylic oxidation sites excluding steroid dienone is 3. The maximum Gasteiger partial charge on any atom is 0.305 e. The van der Waals surface area contributed by atoms with Gasteiger partial charge in [-0.2, -0.15) is 0 Å². The molecule has 0 bridgehead atoms. The Bertz CT molecular complexity index is 1220. The molecule has 0 aromatic carbocycles. The number of rotatable bonds is 67. The van der Waals surface area contributed by atoms with Crippen molar-refractivity contribution in [3.05, 3.63) is 24.3 Å². The van der Waals surface area contributed by atoms with E-state index in [0.29, 0.717) is 19.4 Å². The molecule has 0 aromatic heterocycles. The topological polar surface area (TPSA) is 95.9 Å². The third kappa shape index (κ3) is 63.5. The van der Waals surface area contributed by atoms with Crippen LogP contribution in [0.1, 0.15) is 399 Å². The summed E-state index contributed by atoms with van der Waals surface area (Å²) in [6.45, 7) is 4.93. The number of nitrogens with one attached hydrogen (secondary N) is 1. The van der Waals surface area contributed by atoms with E-state index < -0.39 is 12.1 Å². The number of carbonyl (C=O) groups excluding carboxylic acids is 2. The van der Waals surface area contributed by atoms with Crippen LogP contribution in [0.25, 0.3) is 0 Å². The number of hydrogen-bond acceptors (Lipinski definition) is 5. The second-order valence-corrected chi connectivity index (χ2v) is 24.6. The number of aliphatic hydroxyl groups excluding tert-OH is 2. The molecule has 78 heavy (non-hydrogen) atoms. The van der Waals surface area contributed by atoms with Gasteiger partial charge in [0.25, 0.3) is 0 Å². The molecule has 0 rings (SSSR count). The number of ether oxygens (including phenoxy) is 1. The first-order valence-corrected chi connectivity index (χ1v) is 35.6. The summed E-state index contributed by atoms with van der Waals surface area (Å²) in [5.74, 6) is -0.0531. The highest BCUT2D eigenvalue weighted by molar-refractivity contribution is 5.76. The summed E-state index contributed by atoms with van der Waals surface area (Å²) in [5.41, 5.74) is 0. The largest absolute Gasteiger partial charge is 0.466 e. The molecule has 6 nitrogen and oxygen atoms in total. The van der Waals surface area contributed by atoms with Gasteiger partial charge in [0.2, 0.25) is 5.91 Å². The molecular weight excluding hydrogens is 959 g/mol. The van der Waals surface area contributed by atoms with E-state index in [4.69, 9.17) is 4.74 Å². The van der Waals surface area contributed by atoms with E-state index in [2.05, 4.69) is 31.3 Å². The maximum atomic E-state index is 12.5. The van der Waals surface area contributed by atoms with Gasteiger partial charge in [-0.15, -0.1) is 0 Å². The van der Waals surface area contributed by atoms with E-state index >= 15 is 0 Å². The molecule has 0 fully saturated rings. The van der Waals surface area contributed by atoms with Crippen LogP contribution in [0.5, 0.6) is 0 Å². The third-order valence-corrected chi connectivity index (χ3v) is 16.7. The highest BCUT2D eigenvalue weighted by atomic mass is 16.5. The van der Waals surface area contributed by atoms with Crippen LogP contribution in [0, 0.1) is 0 Å². The molecule has 0 aliphatic rings. The van der Waals surface area contributed by atoms with Crippen LogP contribution >= 0.6 is 0 Å². The Balaban J connectivity index is 3.39. The number of unbranched alkanes of at least 4 members (excludes halogenated alkanes) is 54. The van der Waals surface area contributed by atoms with E-state index in [9.17, 15) is 19.8 Å². The molecular formula is C72H139NO5. The van der Waals surface area contributed by atoms with Crippen molar-refractivity contribution in [2.75, 3.05) is 13.2 Å². The lowest BCUT2D eigenvalue weighted by Gasteiger charge is -2.20. The highest BCUT2D eigenvalue weighted by Gasteiger charge is 2.18. The van der Waals surface area contributed by atoms with Gasteiger partial charge in [-0.1, -0.05) is 353 Å². The molecule has 2 atom stereocenters. The summed E-state index contributed by atoms with van der Waals surface area (Å²) in [6, 6.07) is -0.627. The Kier molecular flexibility index (Phi) is 66.4. The first-order chi connectivity index (χ1) is 38.5. The van der Waals surface area contributed by atoms with Gasteiger partial charge in [-0.05, 0) is 57.8 Å². The van der Waals surface area contributed by atoms with E-state index in [1.807, 2.05) is 6.08 Å². The Labute approximate surface area is 488 Å². The molecule has 0 aliphatic carbocycles. The van der Waals surface area contributed by atoms with Gasteiger partial charge in [0.15, 0.2) is 0 Å². The Morgan fingerprint density at radius 1 is 0.346 bits per heavy atom. The fourth-order valence-corrected chi connectivity index (χ4v) is 11.3. The molecule has 0 heterocycles. The van der Waals surface area contributed by atoms with Crippen molar-refractivity contribution in [3.8, 4) is 0 Å². The number of amides is 1. The molecule has 0 radical (unpaired) electrons. The smallest absolute Gasteiger partial charge is 0.305 e. The van der Waals surface area contributed by atoms with Crippen LogP contribution in [0.3, 0.4) is 0 Å². The van der Waals surface area contributed by atoms with Crippen LogP contribution in [-0.2, 0) is 14.3 Å². The molecule has 0 saturated carbocycles. The Morgan fingerprint density at radius 2 is 0.603 bits per heavy atom. The van der Waals surface area contributed by atoms with Gasteiger partial charge in [-0.25, -0.2) is 0 Å². The SMILES string of the molecule is CCCCCC/C=C\CCCCCCCC(=O)OCCCCCCCCCCCCCCCCCCCCCCCCCCCCC(=O)NC(CO)C(O)/C=C/CCCCCCCCCCCCCCCCCCCCCC. The van der Waals surface area contributed by atoms with E-state index in [1.165, 1.54) is 327 Å². The first kappa shape index (κ1) is 76.3. The van der Waals surface area contributed by atoms with Crippen molar-refractivity contribution in [1.29, 1.82) is 0 Å². The van der Waals surface area contributed by atoms with Crippen LogP contribution in [-0.4, -0.2) is 47.4 Å².